The molecule has 0 bridgehead atoms. The summed E-state index contributed by atoms with van der Waals surface area (Å²) in [7, 11) is 1.68. The van der Waals surface area contributed by atoms with Crippen LogP contribution in [0.25, 0.3) is 0 Å². The number of hydrogen-bond donors (Lipinski definition) is 2. The Morgan fingerprint density at radius 1 is 1.11 bits per heavy atom. The number of halogens is 3. The van der Waals surface area contributed by atoms with Gasteiger partial charge in [0.2, 0.25) is 5.95 Å². The first-order valence-corrected chi connectivity index (χ1v) is 6.24. The molecule has 100 valence electrons. The van der Waals surface area contributed by atoms with Crippen molar-refractivity contribution in [1.29, 1.82) is 0 Å². The Morgan fingerprint density at radius 2 is 1.84 bits per heavy atom. The molecule has 7 heteroatoms. The lowest BCUT2D eigenvalue weighted by atomic mass is 10.3. The summed E-state index contributed by atoms with van der Waals surface area (Å²) in [4.78, 5) is 8.22. The van der Waals surface area contributed by atoms with E-state index in [2.05, 4.69) is 36.5 Å². The van der Waals surface area contributed by atoms with Crippen LogP contribution in [-0.4, -0.2) is 17.0 Å². The third-order valence-corrected chi connectivity index (χ3v) is 2.96. The van der Waals surface area contributed by atoms with Gasteiger partial charge in [-0.1, -0.05) is 0 Å². The topological polar surface area (TPSA) is 49.8 Å². The molecule has 0 amide bonds. The molecule has 0 fully saturated rings. The minimum Gasteiger partial charge on any atom is -0.357 e. The van der Waals surface area contributed by atoms with Crippen molar-refractivity contribution in [3.05, 3.63) is 40.0 Å². The Kier molecular flexibility index (Phi) is 3.94. The van der Waals surface area contributed by atoms with Crippen LogP contribution in [0.3, 0.4) is 0 Å². The average Bonchev–Trinajstić information content (AvgIpc) is 2.35. The van der Waals surface area contributed by atoms with Crippen molar-refractivity contribution in [2.45, 2.75) is 6.92 Å². The summed E-state index contributed by atoms with van der Waals surface area (Å²) in [5.74, 6) is -0.336. The third-order valence-electron chi connectivity index (χ3n) is 2.35. The smallest absolute Gasteiger partial charge is 0.224 e. The molecular weight excluding hydrogens is 318 g/mol. The molecular formula is C12H11BrF2N4. The van der Waals surface area contributed by atoms with Crippen molar-refractivity contribution < 1.29 is 8.78 Å². The Bertz CT molecular complexity index is 619. The zero-order valence-electron chi connectivity index (χ0n) is 10.3. The van der Waals surface area contributed by atoms with Gasteiger partial charge in [0.25, 0.3) is 0 Å². The van der Waals surface area contributed by atoms with Crippen LogP contribution in [0.2, 0.25) is 0 Å². The van der Waals surface area contributed by atoms with Gasteiger partial charge in [-0.3, -0.25) is 0 Å². The summed E-state index contributed by atoms with van der Waals surface area (Å²) < 4.78 is 27.1. The van der Waals surface area contributed by atoms with Crippen molar-refractivity contribution in [3.8, 4) is 0 Å². The SMILES string of the molecule is CNc1nc(C)cc(Nc2cc(F)c(Br)cc2F)n1. The van der Waals surface area contributed by atoms with Gasteiger partial charge in [-0.2, -0.15) is 4.98 Å². The van der Waals surface area contributed by atoms with Crippen molar-refractivity contribution in [1.82, 2.24) is 9.97 Å². The molecule has 0 spiro atoms. The maximum absolute atomic E-state index is 13.7. The highest BCUT2D eigenvalue weighted by molar-refractivity contribution is 9.10. The monoisotopic (exact) mass is 328 g/mol. The number of anilines is 3. The minimum atomic E-state index is -0.574. The van der Waals surface area contributed by atoms with E-state index >= 15 is 0 Å². The zero-order valence-corrected chi connectivity index (χ0v) is 11.8. The molecule has 2 rings (SSSR count). The summed E-state index contributed by atoms with van der Waals surface area (Å²) in [5.41, 5.74) is 0.723. The van der Waals surface area contributed by atoms with Gasteiger partial charge >= 0.3 is 0 Å². The van der Waals surface area contributed by atoms with Crippen LogP contribution < -0.4 is 10.6 Å². The highest BCUT2D eigenvalue weighted by Gasteiger charge is 2.10. The van der Waals surface area contributed by atoms with Crippen LogP contribution in [0.4, 0.5) is 26.2 Å². The van der Waals surface area contributed by atoms with Crippen LogP contribution in [0.1, 0.15) is 5.69 Å². The molecule has 0 aliphatic rings. The van der Waals surface area contributed by atoms with E-state index < -0.39 is 11.6 Å². The second kappa shape index (κ2) is 5.48. The predicted octanol–water partition coefficient (Wildman–Crippen LogP) is 3.61. The number of aromatic nitrogens is 2. The van der Waals surface area contributed by atoms with Gasteiger partial charge in [-0.25, -0.2) is 13.8 Å². The molecule has 0 unspecified atom stereocenters. The highest BCUT2D eigenvalue weighted by Crippen LogP contribution is 2.25. The molecule has 1 aromatic heterocycles. The summed E-state index contributed by atoms with van der Waals surface area (Å²) in [5, 5.41) is 5.52. The summed E-state index contributed by atoms with van der Waals surface area (Å²) in [6.45, 7) is 1.78. The highest BCUT2D eigenvalue weighted by atomic mass is 79.9. The van der Waals surface area contributed by atoms with Gasteiger partial charge < -0.3 is 10.6 Å². The largest absolute Gasteiger partial charge is 0.357 e. The second-order valence-electron chi connectivity index (χ2n) is 3.84. The molecule has 0 atom stereocenters. The zero-order chi connectivity index (χ0) is 14.0. The predicted molar refractivity (Wildman–Crippen MR) is 73.7 cm³/mol. The van der Waals surface area contributed by atoms with Gasteiger partial charge in [0.15, 0.2) is 0 Å². The molecule has 0 radical (unpaired) electrons. The van der Waals surface area contributed by atoms with E-state index in [1.54, 1.807) is 20.0 Å². The quantitative estimate of drug-likeness (QED) is 0.845. The van der Waals surface area contributed by atoms with E-state index in [0.29, 0.717) is 17.5 Å². The minimum absolute atomic E-state index is 0.0147. The van der Waals surface area contributed by atoms with Crippen molar-refractivity contribution in [2.75, 3.05) is 17.7 Å². The van der Waals surface area contributed by atoms with E-state index in [1.165, 1.54) is 0 Å². The van der Waals surface area contributed by atoms with E-state index in [-0.39, 0.29) is 10.2 Å². The number of benzene rings is 1. The Balaban J connectivity index is 2.36. The van der Waals surface area contributed by atoms with E-state index in [1.807, 2.05) is 0 Å². The molecule has 0 saturated heterocycles. The van der Waals surface area contributed by atoms with Gasteiger partial charge in [0, 0.05) is 24.9 Å². The fraction of sp³-hybridized carbons (Fsp3) is 0.167. The lowest BCUT2D eigenvalue weighted by Gasteiger charge is -2.09. The summed E-state index contributed by atoms with van der Waals surface area (Å²) in [6.07, 6.45) is 0. The maximum Gasteiger partial charge on any atom is 0.224 e. The molecule has 0 saturated carbocycles. The van der Waals surface area contributed by atoms with Crippen molar-refractivity contribution in [3.63, 3.8) is 0 Å². The maximum atomic E-state index is 13.7. The van der Waals surface area contributed by atoms with Crippen LogP contribution in [-0.2, 0) is 0 Å². The lowest BCUT2D eigenvalue weighted by Crippen LogP contribution is -2.03. The average molecular weight is 329 g/mol. The number of nitrogens with one attached hydrogen (secondary N) is 2. The fourth-order valence-electron chi connectivity index (χ4n) is 1.50. The molecule has 2 aromatic rings. The van der Waals surface area contributed by atoms with Gasteiger partial charge in [-0.05, 0) is 28.9 Å². The standard InChI is InChI=1S/C12H11BrF2N4/c1-6-3-11(19-12(16-2)17-6)18-10-5-8(14)7(13)4-9(10)15/h3-5H,1-2H3,(H2,16,17,18,19). The second-order valence-corrected chi connectivity index (χ2v) is 4.69. The molecule has 1 aromatic carbocycles. The van der Waals surface area contributed by atoms with Crippen molar-refractivity contribution in [2.24, 2.45) is 0 Å². The van der Waals surface area contributed by atoms with E-state index in [4.69, 9.17) is 0 Å². The Morgan fingerprint density at radius 3 is 2.53 bits per heavy atom. The Hall–Kier alpha value is -1.76. The first-order valence-electron chi connectivity index (χ1n) is 5.44. The number of rotatable bonds is 3. The number of hydrogen-bond acceptors (Lipinski definition) is 4. The number of nitrogens with zero attached hydrogens (tertiary/aromatic N) is 2. The molecule has 1 heterocycles. The fourth-order valence-corrected chi connectivity index (χ4v) is 1.82. The molecule has 0 aliphatic carbocycles. The Labute approximate surface area is 117 Å². The first kappa shape index (κ1) is 13.7. The van der Waals surface area contributed by atoms with E-state index in [9.17, 15) is 8.78 Å². The molecule has 0 aliphatic heterocycles. The van der Waals surface area contributed by atoms with Gasteiger partial charge in [0.05, 0.1) is 10.2 Å². The molecule has 4 nitrogen and oxygen atoms in total. The lowest BCUT2D eigenvalue weighted by molar-refractivity contribution is 0.597. The molecule has 19 heavy (non-hydrogen) atoms. The van der Waals surface area contributed by atoms with Crippen LogP contribution in [0.15, 0.2) is 22.7 Å². The van der Waals surface area contributed by atoms with Gasteiger partial charge in [-0.15, -0.1) is 0 Å². The van der Waals surface area contributed by atoms with Crippen LogP contribution in [0.5, 0.6) is 0 Å². The first-order chi connectivity index (χ1) is 8.99. The van der Waals surface area contributed by atoms with E-state index in [0.717, 1.165) is 12.1 Å². The summed E-state index contributed by atoms with van der Waals surface area (Å²) in [6, 6.07) is 3.76. The normalized spacial score (nSPS) is 10.4. The third kappa shape index (κ3) is 3.17. The van der Waals surface area contributed by atoms with Crippen molar-refractivity contribution >= 4 is 33.4 Å². The van der Waals surface area contributed by atoms with Crippen LogP contribution in [0, 0.1) is 18.6 Å². The summed E-state index contributed by atoms with van der Waals surface area (Å²) >= 11 is 2.92. The van der Waals surface area contributed by atoms with Crippen LogP contribution >= 0.6 is 15.9 Å². The molecule has 2 N–H and O–H groups in total. The number of aryl methyl sites for hydroxylation is 1. The van der Waals surface area contributed by atoms with Gasteiger partial charge in [0.1, 0.15) is 17.5 Å².